The maximum absolute atomic E-state index is 13.8. The van der Waals surface area contributed by atoms with E-state index in [0.29, 0.717) is 18.0 Å². The van der Waals surface area contributed by atoms with Gasteiger partial charge in [-0.1, -0.05) is 23.5 Å². The number of benzene rings is 3. The van der Waals surface area contributed by atoms with E-state index in [9.17, 15) is 18.0 Å². The molecule has 0 bridgehead atoms. The molecule has 8 nitrogen and oxygen atoms in total. The van der Waals surface area contributed by atoms with E-state index in [0.717, 1.165) is 30.8 Å². The third-order valence-corrected chi connectivity index (χ3v) is 9.22. The Bertz CT molecular complexity index is 1610. The van der Waals surface area contributed by atoms with Crippen molar-refractivity contribution in [1.82, 2.24) is 4.57 Å². The summed E-state index contributed by atoms with van der Waals surface area (Å²) < 4.78 is 36.8. The Kier molecular flexibility index (Phi) is 8.49. The molecule has 0 unspecified atom stereocenters. The van der Waals surface area contributed by atoms with Crippen LogP contribution in [0.5, 0.6) is 5.75 Å². The predicted molar refractivity (Wildman–Crippen MR) is 155 cm³/mol. The van der Waals surface area contributed by atoms with Crippen LogP contribution in [0.1, 0.15) is 26.8 Å². The number of thiazole rings is 1. The third-order valence-electron chi connectivity index (χ3n) is 5.78. The Labute approximate surface area is 230 Å². The average molecular weight is 572 g/mol. The molecule has 0 radical (unpaired) electrons. The molecule has 38 heavy (non-hydrogen) atoms. The van der Waals surface area contributed by atoms with Crippen molar-refractivity contribution < 1.29 is 17.9 Å². The van der Waals surface area contributed by atoms with Crippen molar-refractivity contribution in [2.45, 2.75) is 36.6 Å². The molecule has 1 aromatic heterocycles. The summed E-state index contributed by atoms with van der Waals surface area (Å²) in [7, 11) is -4.11. The Morgan fingerprint density at radius 1 is 1.11 bits per heavy atom. The van der Waals surface area contributed by atoms with Gasteiger partial charge in [-0.15, -0.1) is 11.8 Å². The fourth-order valence-electron chi connectivity index (χ4n) is 4.05. The van der Waals surface area contributed by atoms with E-state index in [1.165, 1.54) is 23.9 Å². The lowest BCUT2D eigenvalue weighted by molar-refractivity contribution is -0.114. The molecule has 0 fully saturated rings. The minimum Gasteiger partial charge on any atom is -0.492 e. The van der Waals surface area contributed by atoms with E-state index < -0.39 is 22.5 Å². The maximum atomic E-state index is 13.8. The zero-order valence-corrected chi connectivity index (χ0v) is 24.0. The Morgan fingerprint density at radius 2 is 1.82 bits per heavy atom. The standard InChI is InChI=1S/C27H29N3O5S3/c1-5-35-24-9-7-6-8-22(24)29(38(33,34)21-13-11-20(36-4)12-14-21)17-26(31)28-19-10-15-23-25(16-19)37-27(32)30(23)18(2)3/h6-16,18H,5,17H2,1-4H3,(H,28,31). The van der Waals surface area contributed by atoms with Gasteiger partial charge in [0.2, 0.25) is 5.91 Å². The van der Waals surface area contributed by atoms with Crippen LogP contribution in [0.2, 0.25) is 0 Å². The van der Waals surface area contributed by atoms with Gasteiger partial charge in [-0.05, 0) is 81.6 Å². The van der Waals surface area contributed by atoms with Crippen molar-refractivity contribution in [2.24, 2.45) is 0 Å². The molecule has 1 heterocycles. The predicted octanol–water partition coefficient (Wildman–Crippen LogP) is 5.60. The molecule has 1 N–H and O–H groups in total. The van der Waals surface area contributed by atoms with Crippen molar-refractivity contribution in [3.05, 3.63) is 76.4 Å². The van der Waals surface area contributed by atoms with Gasteiger partial charge in [0.05, 0.1) is 27.4 Å². The fourth-order valence-corrected chi connectivity index (χ4v) is 6.94. The molecule has 4 rings (SSSR count). The van der Waals surface area contributed by atoms with Crippen LogP contribution < -0.4 is 19.2 Å². The number of nitrogens with one attached hydrogen (secondary N) is 1. The van der Waals surface area contributed by atoms with Gasteiger partial charge < -0.3 is 10.1 Å². The number of nitrogens with zero attached hydrogens (tertiary/aromatic N) is 2. The summed E-state index contributed by atoms with van der Waals surface area (Å²) in [5.41, 5.74) is 1.53. The summed E-state index contributed by atoms with van der Waals surface area (Å²) in [5, 5.41) is 2.79. The highest BCUT2D eigenvalue weighted by molar-refractivity contribution is 7.98. The lowest BCUT2D eigenvalue weighted by Crippen LogP contribution is -2.38. The van der Waals surface area contributed by atoms with Crippen molar-refractivity contribution in [3.63, 3.8) is 0 Å². The summed E-state index contributed by atoms with van der Waals surface area (Å²) in [4.78, 5) is 26.5. The number of thioether (sulfide) groups is 1. The van der Waals surface area contributed by atoms with Gasteiger partial charge in [-0.3, -0.25) is 18.5 Å². The molecule has 4 aromatic rings. The molecule has 1 amide bonds. The first-order valence-electron chi connectivity index (χ1n) is 12.0. The molecule has 0 saturated heterocycles. The molecule has 0 aliphatic heterocycles. The zero-order valence-electron chi connectivity index (χ0n) is 21.5. The minimum atomic E-state index is -4.11. The molecule has 0 spiro atoms. The number of carbonyl (C=O) groups is 1. The van der Waals surface area contributed by atoms with Crippen LogP contribution in [0.25, 0.3) is 10.2 Å². The van der Waals surface area contributed by atoms with E-state index in [4.69, 9.17) is 4.74 Å². The lowest BCUT2D eigenvalue weighted by atomic mass is 10.2. The van der Waals surface area contributed by atoms with Gasteiger partial charge in [0.25, 0.3) is 10.0 Å². The van der Waals surface area contributed by atoms with E-state index in [2.05, 4.69) is 5.32 Å². The number of rotatable bonds is 10. The number of hydrogen-bond acceptors (Lipinski definition) is 7. The van der Waals surface area contributed by atoms with Gasteiger partial charge >= 0.3 is 4.87 Å². The van der Waals surface area contributed by atoms with Crippen LogP contribution in [-0.2, 0) is 14.8 Å². The van der Waals surface area contributed by atoms with Crippen molar-refractivity contribution in [3.8, 4) is 5.75 Å². The Balaban J connectivity index is 1.68. The molecule has 0 aliphatic rings. The van der Waals surface area contributed by atoms with E-state index >= 15 is 0 Å². The number of para-hydroxylation sites is 2. The second kappa shape index (κ2) is 11.6. The summed E-state index contributed by atoms with van der Waals surface area (Å²) >= 11 is 2.61. The average Bonchev–Trinajstić information content (AvgIpc) is 3.23. The molecule has 11 heteroatoms. The molecule has 200 valence electrons. The van der Waals surface area contributed by atoms with Gasteiger partial charge in [0.15, 0.2) is 0 Å². The normalized spacial score (nSPS) is 11.6. The summed E-state index contributed by atoms with van der Waals surface area (Å²) in [6, 6.07) is 18.5. The zero-order chi connectivity index (χ0) is 27.4. The monoisotopic (exact) mass is 571 g/mol. The molecular weight excluding hydrogens is 543 g/mol. The summed E-state index contributed by atoms with van der Waals surface area (Å²) in [6.07, 6.45) is 1.91. The number of ether oxygens (including phenoxy) is 1. The SMILES string of the molecule is CCOc1ccccc1N(CC(=O)Nc1ccc2c(c1)sc(=O)n2C(C)C)S(=O)(=O)c1ccc(SC)cc1. The van der Waals surface area contributed by atoms with Crippen LogP contribution in [0, 0.1) is 0 Å². The van der Waals surface area contributed by atoms with Crippen LogP contribution in [-0.4, -0.2) is 38.3 Å². The smallest absolute Gasteiger partial charge is 0.308 e. The molecule has 3 aromatic carbocycles. The van der Waals surface area contributed by atoms with Crippen molar-refractivity contribution >= 4 is 60.6 Å². The highest BCUT2D eigenvalue weighted by atomic mass is 32.2. The van der Waals surface area contributed by atoms with Crippen molar-refractivity contribution in [1.29, 1.82) is 0 Å². The number of sulfonamides is 1. The lowest BCUT2D eigenvalue weighted by Gasteiger charge is -2.26. The van der Waals surface area contributed by atoms with Gasteiger partial charge in [0, 0.05) is 16.6 Å². The minimum absolute atomic E-state index is 0.00542. The van der Waals surface area contributed by atoms with Crippen LogP contribution in [0.15, 0.2) is 81.3 Å². The Hall–Kier alpha value is -3.28. The highest BCUT2D eigenvalue weighted by Crippen LogP contribution is 2.33. The highest BCUT2D eigenvalue weighted by Gasteiger charge is 2.29. The number of anilines is 2. The van der Waals surface area contributed by atoms with E-state index in [1.54, 1.807) is 66.1 Å². The number of carbonyl (C=O) groups excluding carboxylic acids is 1. The van der Waals surface area contributed by atoms with Gasteiger partial charge in [-0.25, -0.2) is 8.42 Å². The quantitative estimate of drug-likeness (QED) is 0.249. The second-order valence-corrected chi connectivity index (χ2v) is 12.4. The topological polar surface area (TPSA) is 97.7 Å². The van der Waals surface area contributed by atoms with Gasteiger partial charge in [-0.2, -0.15) is 0 Å². The largest absolute Gasteiger partial charge is 0.492 e. The number of hydrogen-bond donors (Lipinski definition) is 1. The molecule has 0 atom stereocenters. The molecular formula is C27H29N3O5S3. The van der Waals surface area contributed by atoms with Gasteiger partial charge in [0.1, 0.15) is 12.3 Å². The maximum Gasteiger partial charge on any atom is 0.308 e. The molecule has 0 aliphatic carbocycles. The van der Waals surface area contributed by atoms with Crippen molar-refractivity contribution in [2.75, 3.05) is 29.0 Å². The molecule has 0 saturated carbocycles. The number of amides is 1. The van der Waals surface area contributed by atoms with Crippen LogP contribution >= 0.6 is 23.1 Å². The first-order chi connectivity index (χ1) is 18.1. The van der Waals surface area contributed by atoms with E-state index in [-0.39, 0.29) is 21.5 Å². The van der Waals surface area contributed by atoms with Crippen LogP contribution in [0.4, 0.5) is 11.4 Å². The van der Waals surface area contributed by atoms with E-state index in [1.807, 2.05) is 20.1 Å². The number of fused-ring (bicyclic) bond motifs is 1. The van der Waals surface area contributed by atoms with Crippen LogP contribution in [0.3, 0.4) is 0 Å². The first-order valence-corrected chi connectivity index (χ1v) is 15.5. The second-order valence-electron chi connectivity index (χ2n) is 8.65. The fraction of sp³-hybridized carbons (Fsp3) is 0.259. The number of aromatic nitrogens is 1. The Morgan fingerprint density at radius 3 is 2.47 bits per heavy atom. The third kappa shape index (κ3) is 5.74. The summed E-state index contributed by atoms with van der Waals surface area (Å²) in [6.45, 7) is 5.54. The first kappa shape index (κ1) is 27.7. The summed E-state index contributed by atoms with van der Waals surface area (Å²) in [5.74, 6) is -0.177.